The van der Waals surface area contributed by atoms with Crippen LogP contribution in [0.15, 0.2) is 41.3 Å². The highest BCUT2D eigenvalue weighted by Gasteiger charge is 2.23. The van der Waals surface area contributed by atoms with Gasteiger partial charge in [-0.1, -0.05) is 29.3 Å². The van der Waals surface area contributed by atoms with Gasteiger partial charge in [-0.05, 0) is 25.1 Å². The molecular weight excluding hydrogens is 344 g/mol. The lowest BCUT2D eigenvalue weighted by atomic mass is 10.2. The van der Waals surface area contributed by atoms with Gasteiger partial charge in [0.2, 0.25) is 0 Å². The Morgan fingerprint density at radius 3 is 2.30 bits per heavy atom. The second-order valence-electron chi connectivity index (χ2n) is 4.66. The predicted molar refractivity (Wildman–Crippen MR) is 86.6 cm³/mol. The zero-order valence-electron chi connectivity index (χ0n) is 12.2. The third-order valence-electron chi connectivity index (χ3n) is 3.05. The van der Waals surface area contributed by atoms with Crippen molar-refractivity contribution in [1.82, 2.24) is 0 Å². The van der Waals surface area contributed by atoms with Gasteiger partial charge in [-0.3, -0.25) is 14.8 Å². The number of hydrogen-bond acceptors (Lipinski definition) is 5. The van der Waals surface area contributed by atoms with E-state index in [0.717, 1.165) is 11.6 Å². The fraction of sp³-hybridized carbons (Fsp3) is 0.143. The summed E-state index contributed by atoms with van der Waals surface area (Å²) in [4.78, 5) is 10.2. The number of nitrogens with one attached hydrogen (secondary N) is 1. The number of anilines is 1. The van der Waals surface area contributed by atoms with Crippen LogP contribution in [0.5, 0.6) is 5.75 Å². The molecule has 2 aromatic rings. The third kappa shape index (κ3) is 3.54. The molecule has 0 aromatic heterocycles. The van der Waals surface area contributed by atoms with Crippen LogP contribution in [-0.4, -0.2) is 20.5 Å². The maximum atomic E-state index is 12.4. The SMILES string of the molecule is COc1c(NS(=O)(=O)c2ccc(C)cc2)ccc([N+](=O)[O-])c1Cl. The Morgan fingerprint density at radius 1 is 1.17 bits per heavy atom. The number of nitro benzene ring substituents is 1. The van der Waals surface area contributed by atoms with Crippen molar-refractivity contribution in [3.05, 3.63) is 57.1 Å². The van der Waals surface area contributed by atoms with Gasteiger partial charge in [0.1, 0.15) is 0 Å². The number of aryl methyl sites for hydroxylation is 1. The van der Waals surface area contributed by atoms with Gasteiger partial charge in [-0.15, -0.1) is 0 Å². The minimum atomic E-state index is -3.87. The summed E-state index contributed by atoms with van der Waals surface area (Å²) in [5, 5.41) is 10.6. The zero-order valence-corrected chi connectivity index (χ0v) is 13.8. The highest BCUT2D eigenvalue weighted by Crippen LogP contribution is 2.40. The molecule has 122 valence electrons. The topological polar surface area (TPSA) is 98.5 Å². The molecule has 0 atom stereocenters. The van der Waals surface area contributed by atoms with E-state index in [9.17, 15) is 18.5 Å². The van der Waals surface area contributed by atoms with Gasteiger partial charge in [-0.25, -0.2) is 8.42 Å². The highest BCUT2D eigenvalue weighted by atomic mass is 35.5. The first-order valence-electron chi connectivity index (χ1n) is 6.36. The van der Waals surface area contributed by atoms with E-state index < -0.39 is 14.9 Å². The van der Waals surface area contributed by atoms with Gasteiger partial charge in [0, 0.05) is 6.07 Å². The molecule has 2 rings (SSSR count). The molecule has 0 unspecified atom stereocenters. The van der Waals surface area contributed by atoms with E-state index >= 15 is 0 Å². The van der Waals surface area contributed by atoms with Crippen LogP contribution in [0.25, 0.3) is 0 Å². The molecule has 0 fully saturated rings. The predicted octanol–water partition coefficient (Wildman–Crippen LogP) is 3.37. The number of hydrogen-bond donors (Lipinski definition) is 1. The fourth-order valence-electron chi connectivity index (χ4n) is 1.89. The molecule has 7 nitrogen and oxygen atoms in total. The van der Waals surface area contributed by atoms with Crippen molar-refractivity contribution in [2.24, 2.45) is 0 Å². The van der Waals surface area contributed by atoms with E-state index in [1.165, 1.54) is 25.3 Å². The molecule has 0 spiro atoms. The van der Waals surface area contributed by atoms with E-state index in [-0.39, 0.29) is 27.0 Å². The first-order valence-corrected chi connectivity index (χ1v) is 8.22. The molecule has 0 saturated heterocycles. The van der Waals surface area contributed by atoms with E-state index in [1.54, 1.807) is 12.1 Å². The van der Waals surface area contributed by atoms with Crippen LogP contribution in [0.1, 0.15) is 5.56 Å². The van der Waals surface area contributed by atoms with E-state index in [0.29, 0.717) is 0 Å². The van der Waals surface area contributed by atoms with Crippen LogP contribution in [-0.2, 0) is 10.0 Å². The van der Waals surface area contributed by atoms with Gasteiger partial charge in [0.15, 0.2) is 10.8 Å². The number of rotatable bonds is 5. The number of halogens is 1. The van der Waals surface area contributed by atoms with Gasteiger partial charge in [0.25, 0.3) is 15.7 Å². The summed E-state index contributed by atoms with van der Waals surface area (Å²) in [6.45, 7) is 1.84. The molecule has 0 bridgehead atoms. The minimum Gasteiger partial charge on any atom is -0.493 e. The molecule has 23 heavy (non-hydrogen) atoms. The highest BCUT2D eigenvalue weighted by molar-refractivity contribution is 7.92. The molecule has 0 amide bonds. The fourth-order valence-corrected chi connectivity index (χ4v) is 3.26. The molecule has 0 saturated carbocycles. The van der Waals surface area contributed by atoms with Crippen LogP contribution < -0.4 is 9.46 Å². The molecule has 2 aromatic carbocycles. The Balaban J connectivity index is 2.45. The molecule has 0 aliphatic carbocycles. The molecule has 0 aliphatic rings. The molecule has 0 radical (unpaired) electrons. The summed E-state index contributed by atoms with van der Waals surface area (Å²) in [6.07, 6.45) is 0. The maximum Gasteiger partial charge on any atom is 0.291 e. The normalized spacial score (nSPS) is 11.1. The lowest BCUT2D eigenvalue weighted by molar-refractivity contribution is -0.384. The summed E-state index contributed by atoms with van der Waals surface area (Å²) >= 11 is 5.90. The number of methoxy groups -OCH3 is 1. The van der Waals surface area contributed by atoms with E-state index in [1.807, 2.05) is 6.92 Å². The Labute approximate surface area is 138 Å². The lowest BCUT2D eigenvalue weighted by Crippen LogP contribution is -2.14. The molecular formula is C14H13ClN2O5S. The first-order chi connectivity index (χ1) is 10.8. The Kier molecular flexibility index (Phi) is 4.76. The van der Waals surface area contributed by atoms with Crippen LogP contribution in [0.4, 0.5) is 11.4 Å². The van der Waals surface area contributed by atoms with Crippen molar-refractivity contribution in [2.75, 3.05) is 11.8 Å². The maximum absolute atomic E-state index is 12.4. The summed E-state index contributed by atoms with van der Waals surface area (Å²) in [6, 6.07) is 8.57. The number of ether oxygens (including phenoxy) is 1. The molecule has 0 heterocycles. The van der Waals surface area contributed by atoms with E-state index in [2.05, 4.69) is 4.72 Å². The van der Waals surface area contributed by atoms with Gasteiger partial charge < -0.3 is 4.74 Å². The summed E-state index contributed by atoms with van der Waals surface area (Å²) < 4.78 is 32.1. The van der Waals surface area contributed by atoms with Gasteiger partial charge in [-0.2, -0.15) is 0 Å². The number of benzene rings is 2. The van der Waals surface area contributed by atoms with Crippen LogP contribution >= 0.6 is 11.6 Å². The van der Waals surface area contributed by atoms with Crippen molar-refractivity contribution < 1.29 is 18.1 Å². The van der Waals surface area contributed by atoms with Crippen LogP contribution in [0.3, 0.4) is 0 Å². The third-order valence-corrected chi connectivity index (χ3v) is 4.80. The standard InChI is InChI=1S/C14H13ClN2O5S/c1-9-3-5-10(6-4-9)23(20,21)16-11-7-8-12(17(18)19)13(15)14(11)22-2/h3-8,16H,1-2H3. The molecule has 0 aliphatic heterocycles. The number of sulfonamides is 1. The first kappa shape index (κ1) is 17.0. The zero-order chi connectivity index (χ0) is 17.2. The monoisotopic (exact) mass is 356 g/mol. The average molecular weight is 357 g/mol. The van der Waals surface area contributed by atoms with Gasteiger partial charge >= 0.3 is 0 Å². The second-order valence-corrected chi connectivity index (χ2v) is 6.72. The number of nitrogens with zero attached hydrogens (tertiary/aromatic N) is 1. The summed E-state index contributed by atoms with van der Waals surface area (Å²) in [5.74, 6) is -0.114. The summed E-state index contributed by atoms with van der Waals surface area (Å²) in [5.41, 5.74) is 0.561. The Hall–Kier alpha value is -2.32. The van der Waals surface area contributed by atoms with Crippen LogP contribution in [0, 0.1) is 17.0 Å². The number of nitro groups is 1. The lowest BCUT2D eigenvalue weighted by Gasteiger charge is -2.13. The van der Waals surface area contributed by atoms with Crippen molar-refractivity contribution in [1.29, 1.82) is 0 Å². The average Bonchev–Trinajstić information content (AvgIpc) is 2.47. The van der Waals surface area contributed by atoms with Gasteiger partial charge in [0.05, 0.1) is 22.6 Å². The Bertz CT molecular complexity index is 850. The van der Waals surface area contributed by atoms with Crippen molar-refractivity contribution in [2.45, 2.75) is 11.8 Å². The van der Waals surface area contributed by atoms with Crippen molar-refractivity contribution in [3.8, 4) is 5.75 Å². The van der Waals surface area contributed by atoms with Crippen molar-refractivity contribution >= 4 is 33.0 Å². The minimum absolute atomic E-state index is 0.0173. The largest absolute Gasteiger partial charge is 0.493 e. The van der Waals surface area contributed by atoms with Crippen molar-refractivity contribution in [3.63, 3.8) is 0 Å². The molecule has 9 heteroatoms. The van der Waals surface area contributed by atoms with E-state index in [4.69, 9.17) is 16.3 Å². The van der Waals surface area contributed by atoms with Crippen LogP contribution in [0.2, 0.25) is 5.02 Å². The Morgan fingerprint density at radius 2 is 1.78 bits per heavy atom. The quantitative estimate of drug-likeness (QED) is 0.654. The second kappa shape index (κ2) is 6.43. The smallest absolute Gasteiger partial charge is 0.291 e. The molecule has 1 N–H and O–H groups in total. The summed E-state index contributed by atoms with van der Waals surface area (Å²) in [7, 11) is -2.63.